The number of hydrogen-bond acceptors (Lipinski definition) is 5. The van der Waals surface area contributed by atoms with Gasteiger partial charge in [0.1, 0.15) is 5.75 Å². The molecule has 0 unspecified atom stereocenters. The first-order valence-corrected chi connectivity index (χ1v) is 14.6. The molecule has 4 aromatic carbocycles. The van der Waals surface area contributed by atoms with E-state index in [2.05, 4.69) is 5.32 Å². The Balaban J connectivity index is 1.62. The highest BCUT2D eigenvalue weighted by molar-refractivity contribution is 7.89. The zero-order chi connectivity index (χ0) is 28.5. The Hall–Kier alpha value is -3.98. The molecular formula is C32H35N3O4S. The van der Waals surface area contributed by atoms with Gasteiger partial charge in [0.25, 0.3) is 0 Å². The average molecular weight is 558 g/mol. The summed E-state index contributed by atoms with van der Waals surface area (Å²) in [4.78, 5) is 13.3. The van der Waals surface area contributed by atoms with Crippen molar-refractivity contribution in [3.63, 3.8) is 0 Å². The topological polar surface area (TPSA) is 102 Å². The second-order valence-corrected chi connectivity index (χ2v) is 11.4. The Labute approximate surface area is 236 Å². The zero-order valence-corrected chi connectivity index (χ0v) is 23.7. The Bertz CT molecular complexity index is 1550. The second-order valence-electron chi connectivity index (χ2n) is 9.51. The molecule has 0 fully saturated rings. The number of amides is 1. The minimum Gasteiger partial charge on any atom is -0.496 e. The molecule has 1 amide bonds. The van der Waals surface area contributed by atoms with Crippen LogP contribution in [0.1, 0.15) is 22.3 Å². The molecule has 0 aliphatic heterocycles. The van der Waals surface area contributed by atoms with Crippen LogP contribution in [-0.2, 0) is 34.3 Å². The average Bonchev–Trinajstić information content (AvgIpc) is 2.98. The van der Waals surface area contributed by atoms with Crippen molar-refractivity contribution in [2.24, 2.45) is 5.73 Å². The van der Waals surface area contributed by atoms with Crippen LogP contribution >= 0.6 is 0 Å². The van der Waals surface area contributed by atoms with Gasteiger partial charge in [0.2, 0.25) is 15.9 Å². The van der Waals surface area contributed by atoms with Crippen molar-refractivity contribution in [2.75, 3.05) is 20.2 Å². The number of methoxy groups -OCH3 is 1. The van der Waals surface area contributed by atoms with Crippen molar-refractivity contribution in [1.29, 1.82) is 0 Å². The molecule has 0 heterocycles. The molecule has 4 rings (SSSR count). The predicted octanol–water partition coefficient (Wildman–Crippen LogP) is 4.68. The first kappa shape index (κ1) is 29.0. The maximum absolute atomic E-state index is 14.2. The fraction of sp³-hybridized carbons (Fsp3) is 0.219. The van der Waals surface area contributed by atoms with Crippen molar-refractivity contribution < 1.29 is 17.9 Å². The van der Waals surface area contributed by atoms with Gasteiger partial charge < -0.3 is 15.8 Å². The molecule has 0 aliphatic rings. The summed E-state index contributed by atoms with van der Waals surface area (Å²) in [5, 5.41) is 2.87. The minimum atomic E-state index is -4.06. The number of ether oxygens (including phenoxy) is 1. The number of benzene rings is 4. The molecule has 0 saturated carbocycles. The smallest absolute Gasteiger partial charge is 0.244 e. The van der Waals surface area contributed by atoms with Crippen molar-refractivity contribution in [3.8, 4) is 16.9 Å². The van der Waals surface area contributed by atoms with Gasteiger partial charge in [-0.1, -0.05) is 84.9 Å². The number of hydrogen-bond donors (Lipinski definition) is 2. The predicted molar refractivity (Wildman–Crippen MR) is 158 cm³/mol. The van der Waals surface area contributed by atoms with Crippen LogP contribution in [0.3, 0.4) is 0 Å². The fourth-order valence-electron chi connectivity index (χ4n) is 4.58. The van der Waals surface area contributed by atoms with Gasteiger partial charge in [-0.3, -0.25) is 4.79 Å². The number of para-hydroxylation sites is 1. The molecule has 208 valence electrons. The highest BCUT2D eigenvalue weighted by Gasteiger charge is 2.29. The quantitative estimate of drug-likeness (QED) is 0.263. The summed E-state index contributed by atoms with van der Waals surface area (Å²) in [5.74, 6) is 0.283. The van der Waals surface area contributed by atoms with Crippen LogP contribution in [0.15, 0.2) is 102 Å². The SMILES string of the molecule is COc1ccccc1CCN(CC(=O)NCc1ccc(CN)cc1)S(=O)(=O)c1ccccc1-c1ccccc1C. The monoisotopic (exact) mass is 557 g/mol. The van der Waals surface area contributed by atoms with Gasteiger partial charge in [-0.15, -0.1) is 0 Å². The first-order valence-electron chi connectivity index (χ1n) is 13.1. The van der Waals surface area contributed by atoms with E-state index in [0.29, 0.717) is 24.3 Å². The summed E-state index contributed by atoms with van der Waals surface area (Å²) in [6.45, 7) is 2.45. The lowest BCUT2D eigenvalue weighted by Gasteiger charge is -2.24. The number of aryl methyl sites for hydroxylation is 1. The van der Waals surface area contributed by atoms with E-state index in [-0.39, 0.29) is 30.4 Å². The molecule has 0 aliphatic carbocycles. The van der Waals surface area contributed by atoms with E-state index >= 15 is 0 Å². The van der Waals surface area contributed by atoms with Crippen LogP contribution in [0.5, 0.6) is 5.75 Å². The zero-order valence-electron chi connectivity index (χ0n) is 22.8. The number of carbonyl (C=O) groups is 1. The lowest BCUT2D eigenvalue weighted by molar-refractivity contribution is -0.121. The van der Waals surface area contributed by atoms with E-state index in [1.165, 1.54) is 4.31 Å². The van der Waals surface area contributed by atoms with E-state index in [0.717, 1.165) is 27.8 Å². The summed E-state index contributed by atoms with van der Waals surface area (Å²) in [6.07, 6.45) is 0.379. The molecule has 0 bridgehead atoms. The largest absolute Gasteiger partial charge is 0.496 e. The van der Waals surface area contributed by atoms with Gasteiger partial charge >= 0.3 is 0 Å². The van der Waals surface area contributed by atoms with Crippen LogP contribution in [0.2, 0.25) is 0 Å². The summed E-state index contributed by atoms with van der Waals surface area (Å²) >= 11 is 0. The highest BCUT2D eigenvalue weighted by Crippen LogP contribution is 2.32. The van der Waals surface area contributed by atoms with Gasteiger partial charge in [-0.2, -0.15) is 4.31 Å². The summed E-state index contributed by atoms with van der Waals surface area (Å²) in [6, 6.07) is 29.7. The third-order valence-electron chi connectivity index (χ3n) is 6.83. The Kier molecular flexibility index (Phi) is 9.71. The molecule has 0 saturated heterocycles. The lowest BCUT2D eigenvalue weighted by atomic mass is 10.0. The number of sulfonamides is 1. The first-order chi connectivity index (χ1) is 19.3. The number of nitrogens with zero attached hydrogens (tertiary/aromatic N) is 1. The van der Waals surface area contributed by atoms with Crippen LogP contribution in [-0.4, -0.2) is 38.8 Å². The van der Waals surface area contributed by atoms with Gasteiger partial charge in [-0.25, -0.2) is 8.42 Å². The Morgan fingerprint density at radius 1 is 0.850 bits per heavy atom. The summed E-state index contributed by atoms with van der Waals surface area (Å²) in [7, 11) is -2.47. The van der Waals surface area contributed by atoms with Crippen molar-refractivity contribution in [1.82, 2.24) is 9.62 Å². The van der Waals surface area contributed by atoms with E-state index in [1.807, 2.05) is 85.8 Å². The van der Waals surface area contributed by atoms with Gasteiger partial charge in [0.05, 0.1) is 18.6 Å². The van der Waals surface area contributed by atoms with Crippen molar-refractivity contribution >= 4 is 15.9 Å². The third kappa shape index (κ3) is 6.96. The van der Waals surface area contributed by atoms with Crippen LogP contribution in [0, 0.1) is 6.92 Å². The molecule has 0 aromatic heterocycles. The van der Waals surface area contributed by atoms with E-state index in [1.54, 1.807) is 25.3 Å². The minimum absolute atomic E-state index is 0.101. The molecule has 0 radical (unpaired) electrons. The van der Waals surface area contributed by atoms with Gasteiger partial charge in [0.15, 0.2) is 0 Å². The number of carbonyl (C=O) groups excluding carboxylic acids is 1. The highest BCUT2D eigenvalue weighted by atomic mass is 32.2. The maximum Gasteiger partial charge on any atom is 0.244 e. The molecule has 0 spiro atoms. The second kappa shape index (κ2) is 13.4. The normalized spacial score (nSPS) is 11.4. The van der Waals surface area contributed by atoms with E-state index in [9.17, 15) is 13.2 Å². The molecule has 4 aromatic rings. The summed E-state index contributed by atoms with van der Waals surface area (Å²) < 4.78 is 35.1. The standard InChI is InChI=1S/C32H35N3O4S/c1-24-9-3-5-11-28(24)29-12-6-8-14-31(29)40(37,38)35(20-19-27-10-4-7-13-30(27)39-2)23-32(36)34-22-26-17-15-25(21-33)16-18-26/h3-18H,19-23,33H2,1-2H3,(H,34,36). The lowest BCUT2D eigenvalue weighted by Crippen LogP contribution is -2.41. The molecule has 7 nitrogen and oxygen atoms in total. The van der Waals surface area contributed by atoms with Gasteiger partial charge in [-0.05, 0) is 53.3 Å². The molecular weight excluding hydrogens is 522 g/mol. The number of nitrogens with two attached hydrogens (primary N) is 1. The number of rotatable bonds is 12. The van der Waals surface area contributed by atoms with Crippen LogP contribution in [0.25, 0.3) is 11.1 Å². The molecule has 40 heavy (non-hydrogen) atoms. The van der Waals surface area contributed by atoms with Crippen LogP contribution < -0.4 is 15.8 Å². The molecule has 8 heteroatoms. The van der Waals surface area contributed by atoms with Crippen molar-refractivity contribution in [2.45, 2.75) is 31.3 Å². The Morgan fingerprint density at radius 2 is 1.48 bits per heavy atom. The van der Waals surface area contributed by atoms with Crippen molar-refractivity contribution in [3.05, 3.63) is 119 Å². The Morgan fingerprint density at radius 3 is 2.17 bits per heavy atom. The van der Waals surface area contributed by atoms with Crippen LogP contribution in [0.4, 0.5) is 0 Å². The van der Waals surface area contributed by atoms with E-state index in [4.69, 9.17) is 10.5 Å². The third-order valence-corrected chi connectivity index (χ3v) is 8.73. The summed E-state index contributed by atoms with van der Waals surface area (Å²) in [5.41, 5.74) is 10.8. The fourth-order valence-corrected chi connectivity index (χ4v) is 6.18. The molecule has 0 atom stereocenters. The van der Waals surface area contributed by atoms with Gasteiger partial charge in [0, 0.05) is 25.2 Å². The maximum atomic E-state index is 14.2. The number of nitrogens with one attached hydrogen (secondary N) is 1. The van der Waals surface area contributed by atoms with E-state index < -0.39 is 10.0 Å². The molecule has 3 N–H and O–H groups in total.